The van der Waals surface area contributed by atoms with Crippen molar-refractivity contribution in [2.24, 2.45) is 0 Å². The van der Waals surface area contributed by atoms with E-state index in [-0.39, 0.29) is 11.8 Å². The van der Waals surface area contributed by atoms with E-state index in [1.54, 1.807) is 30.2 Å². The molecule has 2 aliphatic rings. The Hall–Kier alpha value is -1.05. The molecule has 5 nitrogen and oxygen atoms in total. The Kier molecular flexibility index (Phi) is 8.03. The molecule has 2 aliphatic carbocycles. The van der Waals surface area contributed by atoms with Crippen LogP contribution in [0, 0.1) is 0 Å². The first-order chi connectivity index (χ1) is 13.2. The summed E-state index contributed by atoms with van der Waals surface area (Å²) in [5.41, 5.74) is 1.82. The molecule has 1 aromatic heterocycles. The lowest BCUT2D eigenvalue weighted by molar-refractivity contribution is -0.113. The molecule has 2 N–H and O–H groups in total. The molecular weight excluding hydrogens is 380 g/mol. The van der Waals surface area contributed by atoms with Crippen molar-refractivity contribution in [2.45, 2.75) is 63.0 Å². The van der Waals surface area contributed by atoms with Gasteiger partial charge in [-0.15, -0.1) is 23.1 Å². The molecule has 7 heteroatoms. The Bertz CT molecular complexity index is 654. The molecule has 1 fully saturated rings. The molecule has 0 saturated heterocycles. The lowest BCUT2D eigenvalue weighted by Gasteiger charge is -2.20. The van der Waals surface area contributed by atoms with Crippen molar-refractivity contribution < 1.29 is 14.3 Å². The highest BCUT2D eigenvalue weighted by atomic mass is 32.2. The van der Waals surface area contributed by atoms with Crippen LogP contribution in [0.4, 0.5) is 5.00 Å². The van der Waals surface area contributed by atoms with Crippen molar-refractivity contribution in [3.8, 4) is 0 Å². The van der Waals surface area contributed by atoms with Crippen LogP contribution in [0.2, 0.25) is 0 Å². The number of carbonyl (C=O) groups is 2. The van der Waals surface area contributed by atoms with Crippen LogP contribution in [0.25, 0.3) is 0 Å². The average Bonchev–Trinajstić information content (AvgIpc) is 3.05. The van der Waals surface area contributed by atoms with Crippen molar-refractivity contribution in [3.63, 3.8) is 0 Å². The van der Waals surface area contributed by atoms with Gasteiger partial charge >= 0.3 is 0 Å². The summed E-state index contributed by atoms with van der Waals surface area (Å²) < 4.78 is 5.02. The maximum absolute atomic E-state index is 12.7. The second kappa shape index (κ2) is 10.5. The van der Waals surface area contributed by atoms with E-state index in [1.165, 1.54) is 37.0 Å². The molecule has 0 radical (unpaired) electrons. The molecular formula is C20H30N2O3S2. The maximum atomic E-state index is 12.7. The molecule has 0 atom stereocenters. The fraction of sp³-hybridized carbons (Fsp3) is 0.700. The Morgan fingerprint density at radius 2 is 1.93 bits per heavy atom. The number of thioether (sulfide) groups is 1. The minimum absolute atomic E-state index is 0.00936. The first kappa shape index (κ1) is 20.7. The van der Waals surface area contributed by atoms with Gasteiger partial charge in [0.25, 0.3) is 5.91 Å². The van der Waals surface area contributed by atoms with E-state index >= 15 is 0 Å². The fourth-order valence-corrected chi connectivity index (χ4v) is 6.27. The standard InChI is InChI=1S/C20H30N2O3S2/c1-25-12-11-21-19(24)18-15-9-5-6-10-16(15)27-20(18)22-17(23)13-26-14-7-3-2-4-8-14/h14H,2-13H2,1H3,(H,21,24)(H,22,23). The molecule has 0 aromatic carbocycles. The highest BCUT2D eigenvalue weighted by Crippen LogP contribution is 2.38. The number of aryl methyl sites for hydroxylation is 1. The third-order valence-electron chi connectivity index (χ3n) is 5.25. The van der Waals surface area contributed by atoms with Gasteiger partial charge in [-0.1, -0.05) is 19.3 Å². The third kappa shape index (κ3) is 5.72. The monoisotopic (exact) mass is 410 g/mol. The average molecular weight is 411 g/mol. The zero-order chi connectivity index (χ0) is 19.1. The van der Waals surface area contributed by atoms with Gasteiger partial charge in [-0.25, -0.2) is 0 Å². The van der Waals surface area contributed by atoms with Gasteiger partial charge in [0, 0.05) is 23.8 Å². The van der Waals surface area contributed by atoms with Crippen molar-refractivity contribution in [1.29, 1.82) is 0 Å². The van der Waals surface area contributed by atoms with Gasteiger partial charge in [-0.3, -0.25) is 9.59 Å². The summed E-state index contributed by atoms with van der Waals surface area (Å²) in [7, 11) is 1.62. The van der Waals surface area contributed by atoms with Crippen LogP contribution in [0.3, 0.4) is 0 Å². The number of thiophene rings is 1. The number of fused-ring (bicyclic) bond motifs is 1. The number of ether oxygens (including phenoxy) is 1. The van der Waals surface area contributed by atoms with Crippen LogP contribution in [-0.4, -0.2) is 43.1 Å². The van der Waals surface area contributed by atoms with Crippen LogP contribution >= 0.6 is 23.1 Å². The second-order valence-corrected chi connectivity index (χ2v) is 9.68. The lowest BCUT2D eigenvalue weighted by atomic mass is 9.95. The van der Waals surface area contributed by atoms with Crippen LogP contribution in [-0.2, 0) is 22.4 Å². The molecule has 0 spiro atoms. The van der Waals surface area contributed by atoms with E-state index in [9.17, 15) is 9.59 Å². The van der Waals surface area contributed by atoms with Gasteiger partial charge in [-0.2, -0.15) is 0 Å². The van der Waals surface area contributed by atoms with E-state index in [1.807, 2.05) is 0 Å². The Balaban J connectivity index is 1.65. The summed E-state index contributed by atoms with van der Waals surface area (Å²) in [5.74, 6) is 0.384. The fourth-order valence-electron chi connectivity index (χ4n) is 3.84. The number of anilines is 1. The summed E-state index contributed by atoms with van der Waals surface area (Å²) in [6.07, 6.45) is 10.5. The van der Waals surface area contributed by atoms with Crippen LogP contribution in [0.5, 0.6) is 0 Å². The molecule has 3 rings (SSSR count). The molecule has 150 valence electrons. The first-order valence-electron chi connectivity index (χ1n) is 10.0. The predicted octanol–water partition coefficient (Wildman–Crippen LogP) is 4.01. The normalized spacial score (nSPS) is 17.4. The zero-order valence-electron chi connectivity index (χ0n) is 16.1. The number of methoxy groups -OCH3 is 1. The number of hydrogen-bond acceptors (Lipinski definition) is 5. The van der Waals surface area contributed by atoms with Gasteiger partial charge in [0.15, 0.2) is 0 Å². The second-order valence-electron chi connectivity index (χ2n) is 7.28. The first-order valence-corrected chi connectivity index (χ1v) is 11.9. The molecule has 0 aliphatic heterocycles. The van der Waals surface area contributed by atoms with Crippen molar-refractivity contribution in [1.82, 2.24) is 5.32 Å². The largest absolute Gasteiger partial charge is 0.383 e. The SMILES string of the molecule is COCCNC(=O)c1c(NC(=O)CSC2CCCCC2)sc2c1CCCC2. The smallest absolute Gasteiger partial charge is 0.254 e. The van der Waals surface area contributed by atoms with Gasteiger partial charge in [-0.05, 0) is 44.1 Å². The van der Waals surface area contributed by atoms with Crippen molar-refractivity contribution >= 4 is 39.9 Å². The Morgan fingerprint density at radius 3 is 2.70 bits per heavy atom. The summed E-state index contributed by atoms with van der Waals surface area (Å²) in [4.78, 5) is 26.5. The van der Waals surface area contributed by atoms with Gasteiger partial charge in [0.2, 0.25) is 5.91 Å². The molecule has 0 unspecified atom stereocenters. The number of rotatable bonds is 8. The highest BCUT2D eigenvalue weighted by molar-refractivity contribution is 8.00. The minimum atomic E-state index is -0.0957. The molecule has 0 bridgehead atoms. The highest BCUT2D eigenvalue weighted by Gasteiger charge is 2.26. The Morgan fingerprint density at radius 1 is 1.15 bits per heavy atom. The van der Waals surface area contributed by atoms with Crippen LogP contribution < -0.4 is 10.6 Å². The van der Waals surface area contributed by atoms with E-state index < -0.39 is 0 Å². The van der Waals surface area contributed by atoms with E-state index in [4.69, 9.17) is 4.74 Å². The summed E-state index contributed by atoms with van der Waals surface area (Å²) >= 11 is 3.35. The number of amides is 2. The van der Waals surface area contributed by atoms with E-state index in [2.05, 4.69) is 10.6 Å². The predicted molar refractivity (Wildman–Crippen MR) is 113 cm³/mol. The minimum Gasteiger partial charge on any atom is -0.383 e. The Labute approximate surface area is 170 Å². The molecule has 1 aromatic rings. The third-order valence-corrected chi connectivity index (χ3v) is 7.82. The summed E-state index contributed by atoms with van der Waals surface area (Å²) in [5, 5.41) is 7.30. The van der Waals surface area contributed by atoms with Crippen LogP contribution in [0.1, 0.15) is 65.7 Å². The number of carbonyl (C=O) groups excluding carboxylic acids is 2. The van der Waals surface area contributed by atoms with Crippen LogP contribution in [0.15, 0.2) is 0 Å². The van der Waals surface area contributed by atoms with Gasteiger partial charge < -0.3 is 15.4 Å². The molecule has 27 heavy (non-hydrogen) atoms. The van der Waals surface area contributed by atoms with E-state index in [0.717, 1.165) is 36.2 Å². The maximum Gasteiger partial charge on any atom is 0.254 e. The van der Waals surface area contributed by atoms with Crippen molar-refractivity contribution in [3.05, 3.63) is 16.0 Å². The molecule has 2 amide bonds. The topological polar surface area (TPSA) is 67.4 Å². The molecule has 1 heterocycles. The molecule has 1 saturated carbocycles. The van der Waals surface area contributed by atoms with Crippen molar-refractivity contribution in [2.75, 3.05) is 31.3 Å². The van der Waals surface area contributed by atoms with E-state index in [0.29, 0.717) is 29.7 Å². The zero-order valence-corrected chi connectivity index (χ0v) is 17.7. The lowest BCUT2D eigenvalue weighted by Crippen LogP contribution is -2.29. The number of hydrogen-bond donors (Lipinski definition) is 2. The van der Waals surface area contributed by atoms with Gasteiger partial charge in [0.05, 0.1) is 17.9 Å². The quantitative estimate of drug-likeness (QED) is 0.636. The van der Waals surface area contributed by atoms with Gasteiger partial charge in [0.1, 0.15) is 5.00 Å². The summed E-state index contributed by atoms with van der Waals surface area (Å²) in [6.45, 7) is 0.961. The number of nitrogens with one attached hydrogen (secondary N) is 2. The summed E-state index contributed by atoms with van der Waals surface area (Å²) in [6, 6.07) is 0.